The summed E-state index contributed by atoms with van der Waals surface area (Å²) in [5.74, 6) is -0.0768. The van der Waals surface area contributed by atoms with Crippen LogP contribution in [0.25, 0.3) is 10.1 Å². The quantitative estimate of drug-likeness (QED) is 0.122. The highest BCUT2D eigenvalue weighted by Gasteiger charge is 2.35. The fraction of sp³-hybridized carbons (Fsp3) is 0.231. The molecule has 2 heterocycles. The maximum absolute atomic E-state index is 13.2. The van der Waals surface area contributed by atoms with Crippen molar-refractivity contribution in [2.24, 2.45) is 0 Å². The summed E-state index contributed by atoms with van der Waals surface area (Å²) in [6.45, 7) is 1.34. The highest BCUT2D eigenvalue weighted by Crippen LogP contribution is 2.44. The molecule has 0 saturated heterocycles. The molecule has 2 aromatic heterocycles. The van der Waals surface area contributed by atoms with E-state index in [1.807, 2.05) is 35.3 Å². The summed E-state index contributed by atoms with van der Waals surface area (Å²) in [5, 5.41) is 9.49. The van der Waals surface area contributed by atoms with E-state index >= 15 is 0 Å². The van der Waals surface area contributed by atoms with Crippen LogP contribution in [0.5, 0.6) is 11.5 Å². The molecule has 216 valence electrons. The lowest BCUT2D eigenvalue weighted by molar-refractivity contribution is -0.697. The number of ether oxygens (including phenoxy) is 1. The van der Waals surface area contributed by atoms with E-state index in [2.05, 4.69) is 4.57 Å². The van der Waals surface area contributed by atoms with Crippen molar-refractivity contribution in [1.29, 1.82) is 5.26 Å². The van der Waals surface area contributed by atoms with Crippen LogP contribution in [0.2, 0.25) is 0 Å². The summed E-state index contributed by atoms with van der Waals surface area (Å²) in [6, 6.07) is 15.9. The first-order chi connectivity index (χ1) is 19.4. The van der Waals surface area contributed by atoms with Gasteiger partial charge < -0.3 is 14.2 Å². The fourth-order valence-electron chi connectivity index (χ4n) is 3.73. The van der Waals surface area contributed by atoms with Gasteiger partial charge in [-0.1, -0.05) is 6.07 Å². The lowest BCUT2D eigenvalue weighted by Gasteiger charge is -2.16. The normalized spacial score (nSPS) is 13.4. The minimum Gasteiger partial charge on any atom is -0.494 e. The molecular weight excluding hydrogens is 602 g/mol. The van der Waals surface area contributed by atoms with E-state index in [-0.39, 0.29) is 4.21 Å². The third kappa shape index (κ3) is 8.28. The number of halogens is 3. The van der Waals surface area contributed by atoms with Crippen LogP contribution in [0.4, 0.5) is 13.2 Å². The van der Waals surface area contributed by atoms with Crippen molar-refractivity contribution in [2.45, 2.75) is 29.8 Å². The molecule has 4 aromatic rings. The van der Waals surface area contributed by atoms with Gasteiger partial charge in [0.05, 0.1) is 23.8 Å². The Bertz CT molecular complexity index is 1720. The Morgan fingerprint density at radius 3 is 2.49 bits per heavy atom. The van der Waals surface area contributed by atoms with Crippen LogP contribution in [-0.4, -0.2) is 26.2 Å². The molecule has 2 aromatic carbocycles. The molecule has 0 aliphatic rings. The molecule has 15 heteroatoms. The van der Waals surface area contributed by atoms with Crippen LogP contribution in [-0.2, 0) is 27.3 Å². The molecule has 41 heavy (non-hydrogen) atoms. The summed E-state index contributed by atoms with van der Waals surface area (Å²) in [5.41, 5.74) is -2.04. The number of thiophene rings is 1. The Hall–Kier alpha value is -3.47. The fourth-order valence-corrected chi connectivity index (χ4v) is 7.70. The monoisotopic (exact) mass is 626 g/mol. The van der Waals surface area contributed by atoms with Gasteiger partial charge in [-0.2, -0.15) is 23.2 Å². The zero-order chi connectivity index (χ0) is 29.7. The molecule has 0 saturated carbocycles. The Morgan fingerprint density at radius 2 is 1.78 bits per heavy atom. The summed E-state index contributed by atoms with van der Waals surface area (Å²) < 4.78 is 92.7. The third-order valence-electron chi connectivity index (χ3n) is 5.71. The maximum atomic E-state index is 13.2. The van der Waals surface area contributed by atoms with Gasteiger partial charge in [0.1, 0.15) is 28.5 Å². The van der Waals surface area contributed by atoms with E-state index in [0.29, 0.717) is 28.5 Å². The third-order valence-corrected chi connectivity index (χ3v) is 9.95. The van der Waals surface area contributed by atoms with Gasteiger partial charge in [-0.3, -0.25) is 0 Å². The van der Waals surface area contributed by atoms with Crippen molar-refractivity contribution >= 4 is 39.0 Å². The molecule has 9 nitrogen and oxygen atoms in total. The Balaban J connectivity index is 1.35. The number of nitriles is 1. The number of benzene rings is 2. The number of sulfonamides is 1. The van der Waals surface area contributed by atoms with Crippen LogP contribution in [0.1, 0.15) is 24.0 Å². The molecule has 0 aliphatic carbocycles. The average molecular weight is 627 g/mol. The minimum atomic E-state index is -4.90. The van der Waals surface area contributed by atoms with Gasteiger partial charge in [-0.25, -0.2) is 17.5 Å². The molecule has 1 unspecified atom stereocenters. The van der Waals surface area contributed by atoms with Crippen LogP contribution in [0.3, 0.4) is 0 Å². The predicted molar refractivity (Wildman–Crippen MR) is 145 cm³/mol. The molecule has 2 N–H and O–H groups in total. The summed E-state index contributed by atoms with van der Waals surface area (Å²) in [7, 11) is -9.03. The number of hydrogen-bond donors (Lipinski definition) is 2. The van der Waals surface area contributed by atoms with Gasteiger partial charge in [-0.15, -0.1) is 11.3 Å². The van der Waals surface area contributed by atoms with E-state index in [1.165, 1.54) is 12.1 Å². The highest BCUT2D eigenvalue weighted by atomic mass is 32.2. The van der Waals surface area contributed by atoms with E-state index < -0.39 is 47.0 Å². The number of aromatic nitrogens is 1. The van der Waals surface area contributed by atoms with Crippen LogP contribution >= 0.6 is 18.9 Å². The number of aryl methyl sites for hydroxylation is 1. The summed E-state index contributed by atoms with van der Waals surface area (Å²) in [6.07, 6.45) is -0.296. The molecule has 4 rings (SSSR count). The number of pyridine rings is 1. The van der Waals surface area contributed by atoms with Gasteiger partial charge in [0.15, 0.2) is 12.4 Å². The van der Waals surface area contributed by atoms with Crippen LogP contribution in [0, 0.1) is 11.3 Å². The Morgan fingerprint density at radius 1 is 1.05 bits per heavy atom. The van der Waals surface area contributed by atoms with Crippen molar-refractivity contribution in [3.8, 4) is 17.6 Å². The second kappa shape index (κ2) is 12.6. The summed E-state index contributed by atoms with van der Waals surface area (Å²) >= 11 is 0.921. The van der Waals surface area contributed by atoms with Gasteiger partial charge in [0.2, 0.25) is 0 Å². The molecular formula is C26H24F3N3O6PS2+. The first-order valence-corrected chi connectivity index (χ1v) is 16.2. The minimum absolute atomic E-state index is 0.137. The number of unbranched alkanes of at least 4 members (excludes halogenated alkanes) is 1. The molecule has 0 spiro atoms. The number of alkyl halides is 3. The first kappa shape index (κ1) is 30.5. The number of nitrogens with one attached hydrogen (secondary N) is 1. The lowest BCUT2D eigenvalue weighted by atomic mass is 10.1. The zero-order valence-electron chi connectivity index (χ0n) is 21.2. The number of rotatable bonds is 12. The smallest absolute Gasteiger partial charge is 0.417 e. The second-order valence-corrected chi connectivity index (χ2v) is 13.6. The lowest BCUT2D eigenvalue weighted by Crippen LogP contribution is -2.32. The first-order valence-electron chi connectivity index (χ1n) is 12.1. The zero-order valence-corrected chi connectivity index (χ0v) is 23.8. The largest absolute Gasteiger partial charge is 0.494 e. The van der Waals surface area contributed by atoms with E-state index in [4.69, 9.17) is 14.5 Å². The average Bonchev–Trinajstić information content (AvgIpc) is 3.36. The predicted octanol–water partition coefficient (Wildman–Crippen LogP) is 5.44. The molecule has 0 radical (unpaired) electrons. The van der Waals surface area contributed by atoms with E-state index in [1.54, 1.807) is 18.2 Å². The maximum Gasteiger partial charge on any atom is 0.417 e. The van der Waals surface area contributed by atoms with Crippen LogP contribution < -0.4 is 18.5 Å². The summed E-state index contributed by atoms with van der Waals surface area (Å²) in [4.78, 5) is 10.1. The van der Waals surface area contributed by atoms with Gasteiger partial charge >= 0.3 is 13.8 Å². The molecule has 0 amide bonds. The van der Waals surface area contributed by atoms with Gasteiger partial charge in [-0.05, 0) is 54.3 Å². The SMILES string of the molecule is N#Cc1ccc(OP(=O)(O)CNS(=O)(=O)c2cc3ccc(OCCCC[n+]4ccccc4)cc3s2)cc1C(F)(F)F. The number of fused-ring (bicyclic) bond motifs is 1. The molecule has 0 fully saturated rings. The van der Waals surface area contributed by atoms with Crippen molar-refractivity contribution in [3.63, 3.8) is 0 Å². The number of nitrogens with zero attached hydrogens (tertiary/aromatic N) is 2. The van der Waals surface area contributed by atoms with Crippen molar-refractivity contribution in [1.82, 2.24) is 4.72 Å². The van der Waals surface area contributed by atoms with E-state index in [0.717, 1.165) is 42.9 Å². The Labute approximate surface area is 238 Å². The van der Waals surface area contributed by atoms with Crippen molar-refractivity contribution in [2.75, 3.05) is 12.9 Å². The second-order valence-electron chi connectivity index (χ2n) is 8.79. The number of hydrogen-bond acceptors (Lipinski definition) is 7. The molecule has 0 bridgehead atoms. The van der Waals surface area contributed by atoms with E-state index in [9.17, 15) is 31.0 Å². The van der Waals surface area contributed by atoms with Gasteiger partial charge in [0, 0.05) is 23.3 Å². The highest BCUT2D eigenvalue weighted by molar-refractivity contribution is 7.92. The standard InChI is InChI=1S/C26H23F3N3O6PS2/c27-26(28,29)23-15-22(9-7-20(23)17-30)38-39(33,34)18-31-41(35,36)25-14-19-6-8-21(16-24(19)40-25)37-13-5-4-12-32-10-2-1-3-11-32/h1-3,6-11,14-16,31H,4-5,12-13,18H2/p+1. The van der Waals surface area contributed by atoms with Crippen molar-refractivity contribution < 1.29 is 44.9 Å². The Kier molecular flexibility index (Phi) is 9.36. The van der Waals surface area contributed by atoms with Crippen molar-refractivity contribution in [3.05, 3.63) is 84.2 Å². The topological polar surface area (TPSA) is 130 Å². The molecule has 0 aliphatic heterocycles. The van der Waals surface area contributed by atoms with Crippen LogP contribution in [0.15, 0.2) is 77.3 Å². The molecule has 1 atom stereocenters. The van der Waals surface area contributed by atoms with Gasteiger partial charge in [0.25, 0.3) is 10.0 Å².